The van der Waals surface area contributed by atoms with Gasteiger partial charge in [-0.05, 0) is 25.0 Å². The lowest BCUT2D eigenvalue weighted by Gasteiger charge is -2.34. The molecule has 1 saturated heterocycles. The van der Waals surface area contributed by atoms with Crippen LogP contribution in [0.3, 0.4) is 0 Å². The lowest BCUT2D eigenvalue weighted by Crippen LogP contribution is -2.42. The van der Waals surface area contributed by atoms with Gasteiger partial charge in [-0.25, -0.2) is 0 Å². The molecule has 3 heterocycles. The molecule has 1 fully saturated rings. The molecule has 0 radical (unpaired) electrons. The van der Waals surface area contributed by atoms with Crippen LogP contribution in [0.25, 0.3) is 5.65 Å². The van der Waals surface area contributed by atoms with Crippen molar-refractivity contribution in [1.29, 1.82) is 0 Å². The molecule has 0 amide bonds. The SMILES string of the molecule is FC(F)(F)c1nnc2ccc(N3CCC[C@H](C(F)(F)F)C3)nn12. The van der Waals surface area contributed by atoms with Crippen molar-refractivity contribution in [3.05, 3.63) is 18.0 Å². The highest BCUT2D eigenvalue weighted by atomic mass is 19.4. The highest BCUT2D eigenvalue weighted by molar-refractivity contribution is 5.46. The maximum absolute atomic E-state index is 12.8. The number of nitrogens with zero attached hydrogens (tertiary/aromatic N) is 5. The molecule has 0 N–H and O–H groups in total. The Morgan fingerprint density at radius 1 is 1.04 bits per heavy atom. The Hall–Kier alpha value is -2.07. The molecule has 5 nitrogen and oxygen atoms in total. The minimum absolute atomic E-state index is 0.00266. The van der Waals surface area contributed by atoms with E-state index < -0.39 is 24.1 Å². The number of fused-ring (bicyclic) bond motifs is 1. The van der Waals surface area contributed by atoms with E-state index in [0.29, 0.717) is 11.1 Å². The minimum atomic E-state index is -4.75. The fraction of sp³-hybridized carbons (Fsp3) is 0.583. The molecule has 3 rings (SSSR count). The van der Waals surface area contributed by atoms with Gasteiger partial charge in [0.2, 0.25) is 0 Å². The van der Waals surface area contributed by atoms with Crippen molar-refractivity contribution in [2.45, 2.75) is 25.2 Å². The standard InChI is InChI=1S/C12H11F6N5/c13-11(14,15)7-2-1-5-22(6-7)9-4-3-8-19-20-10(12(16,17)18)23(8)21-9/h3-4,7H,1-2,5-6H2/t7-/m0/s1. The Morgan fingerprint density at radius 2 is 1.78 bits per heavy atom. The first kappa shape index (κ1) is 15.8. The van der Waals surface area contributed by atoms with Gasteiger partial charge in [-0.1, -0.05) is 0 Å². The number of hydrogen-bond donors (Lipinski definition) is 0. The first-order valence-corrected chi connectivity index (χ1v) is 6.77. The Labute approximate surface area is 125 Å². The number of piperidine rings is 1. The van der Waals surface area contributed by atoms with Gasteiger partial charge in [-0.3, -0.25) is 0 Å². The lowest BCUT2D eigenvalue weighted by molar-refractivity contribution is -0.176. The number of hydrogen-bond acceptors (Lipinski definition) is 4. The van der Waals surface area contributed by atoms with Gasteiger partial charge in [-0.15, -0.1) is 15.3 Å². The zero-order chi connectivity index (χ0) is 16.8. The molecule has 1 aliphatic heterocycles. The number of halogens is 6. The van der Waals surface area contributed by atoms with Gasteiger partial charge < -0.3 is 4.90 Å². The van der Waals surface area contributed by atoms with E-state index in [0.717, 1.165) is 0 Å². The van der Waals surface area contributed by atoms with Crippen molar-refractivity contribution in [2.75, 3.05) is 18.0 Å². The van der Waals surface area contributed by atoms with Crippen molar-refractivity contribution in [2.24, 2.45) is 5.92 Å². The summed E-state index contributed by atoms with van der Waals surface area (Å²) in [7, 11) is 0. The molecule has 11 heteroatoms. The van der Waals surface area contributed by atoms with Crippen molar-refractivity contribution in [3.8, 4) is 0 Å². The molecular weight excluding hydrogens is 328 g/mol. The van der Waals surface area contributed by atoms with Gasteiger partial charge in [0, 0.05) is 13.1 Å². The number of rotatable bonds is 1. The van der Waals surface area contributed by atoms with Crippen LogP contribution in [-0.2, 0) is 6.18 Å². The summed E-state index contributed by atoms with van der Waals surface area (Å²) >= 11 is 0. The zero-order valence-electron chi connectivity index (χ0n) is 11.6. The van der Waals surface area contributed by atoms with Gasteiger partial charge in [0.15, 0.2) is 5.65 Å². The average molecular weight is 339 g/mol. The van der Waals surface area contributed by atoms with Crippen LogP contribution in [0.1, 0.15) is 18.7 Å². The highest BCUT2D eigenvalue weighted by Gasteiger charge is 2.42. The summed E-state index contributed by atoms with van der Waals surface area (Å²) in [6.45, 7) is -0.0277. The predicted octanol–water partition coefficient (Wildman–Crippen LogP) is 2.92. The van der Waals surface area contributed by atoms with Crippen LogP contribution < -0.4 is 4.90 Å². The fourth-order valence-corrected chi connectivity index (χ4v) is 2.58. The maximum Gasteiger partial charge on any atom is 0.453 e. The second-order valence-electron chi connectivity index (χ2n) is 5.31. The minimum Gasteiger partial charge on any atom is -0.355 e. The summed E-state index contributed by atoms with van der Waals surface area (Å²) < 4.78 is 77.5. The normalized spacial score (nSPS) is 20.3. The fourth-order valence-electron chi connectivity index (χ4n) is 2.58. The van der Waals surface area contributed by atoms with E-state index in [4.69, 9.17) is 0 Å². The first-order valence-electron chi connectivity index (χ1n) is 6.77. The molecule has 0 aromatic carbocycles. The van der Waals surface area contributed by atoms with Crippen LogP contribution in [0.2, 0.25) is 0 Å². The smallest absolute Gasteiger partial charge is 0.355 e. The summed E-state index contributed by atoms with van der Waals surface area (Å²) in [6.07, 6.45) is -8.79. The topological polar surface area (TPSA) is 46.3 Å². The predicted molar refractivity (Wildman–Crippen MR) is 66.8 cm³/mol. The summed E-state index contributed by atoms with van der Waals surface area (Å²) in [6, 6.07) is 2.60. The van der Waals surface area contributed by atoms with Crippen molar-refractivity contribution < 1.29 is 26.3 Å². The Morgan fingerprint density at radius 3 is 2.43 bits per heavy atom. The van der Waals surface area contributed by atoms with E-state index in [1.165, 1.54) is 17.0 Å². The third kappa shape index (κ3) is 3.04. The quantitative estimate of drug-likeness (QED) is 0.750. The van der Waals surface area contributed by atoms with Crippen LogP contribution in [-0.4, -0.2) is 39.1 Å². The van der Waals surface area contributed by atoms with E-state index >= 15 is 0 Å². The summed E-state index contributed by atoms with van der Waals surface area (Å²) in [4.78, 5) is 1.33. The van der Waals surface area contributed by atoms with E-state index in [9.17, 15) is 26.3 Å². The first-order chi connectivity index (χ1) is 10.7. The van der Waals surface area contributed by atoms with Gasteiger partial charge in [-0.2, -0.15) is 30.9 Å². The van der Waals surface area contributed by atoms with Crippen LogP contribution in [0.5, 0.6) is 0 Å². The molecule has 0 bridgehead atoms. The summed E-state index contributed by atoms with van der Waals surface area (Å²) in [5.74, 6) is -2.78. The molecule has 0 spiro atoms. The number of anilines is 1. The van der Waals surface area contributed by atoms with E-state index in [1.54, 1.807) is 0 Å². The lowest BCUT2D eigenvalue weighted by atomic mass is 9.97. The van der Waals surface area contributed by atoms with Gasteiger partial charge in [0.25, 0.3) is 5.82 Å². The molecule has 1 aliphatic rings. The third-order valence-corrected chi connectivity index (χ3v) is 3.71. The van der Waals surface area contributed by atoms with Gasteiger partial charge in [0.05, 0.1) is 5.92 Å². The maximum atomic E-state index is 12.8. The van der Waals surface area contributed by atoms with Crippen molar-refractivity contribution >= 4 is 11.5 Å². The summed E-state index contributed by atoms with van der Waals surface area (Å²) in [5.41, 5.74) is -0.120. The second-order valence-corrected chi connectivity index (χ2v) is 5.31. The summed E-state index contributed by atoms with van der Waals surface area (Å²) in [5, 5.41) is 10.2. The average Bonchev–Trinajstić information content (AvgIpc) is 2.89. The molecule has 1 atom stereocenters. The molecule has 2 aromatic rings. The molecule has 2 aromatic heterocycles. The van der Waals surface area contributed by atoms with Crippen molar-refractivity contribution in [1.82, 2.24) is 19.8 Å². The largest absolute Gasteiger partial charge is 0.453 e. The molecule has 0 unspecified atom stereocenters. The van der Waals surface area contributed by atoms with E-state index in [1.807, 2.05) is 0 Å². The molecule has 0 aliphatic carbocycles. The molecule has 0 saturated carbocycles. The van der Waals surface area contributed by atoms with Gasteiger partial charge >= 0.3 is 12.4 Å². The van der Waals surface area contributed by atoms with Crippen LogP contribution in [0.4, 0.5) is 32.2 Å². The third-order valence-electron chi connectivity index (χ3n) is 3.71. The molecule has 23 heavy (non-hydrogen) atoms. The zero-order valence-corrected chi connectivity index (χ0v) is 11.6. The van der Waals surface area contributed by atoms with E-state index in [-0.39, 0.29) is 30.9 Å². The number of alkyl halides is 6. The Balaban J connectivity index is 1.94. The molecular formula is C12H11F6N5. The van der Waals surface area contributed by atoms with Gasteiger partial charge in [0.1, 0.15) is 5.82 Å². The van der Waals surface area contributed by atoms with E-state index in [2.05, 4.69) is 15.3 Å². The molecule has 126 valence electrons. The number of aromatic nitrogens is 4. The van der Waals surface area contributed by atoms with Crippen LogP contribution in [0.15, 0.2) is 12.1 Å². The van der Waals surface area contributed by atoms with Crippen LogP contribution in [0, 0.1) is 5.92 Å². The van der Waals surface area contributed by atoms with Crippen molar-refractivity contribution in [3.63, 3.8) is 0 Å². The second kappa shape index (κ2) is 5.24. The van der Waals surface area contributed by atoms with Crippen LogP contribution >= 0.6 is 0 Å². The monoisotopic (exact) mass is 339 g/mol. The highest BCUT2D eigenvalue weighted by Crippen LogP contribution is 2.34. The Bertz CT molecular complexity index is 706. The Kier molecular flexibility index (Phi) is 3.60.